The van der Waals surface area contributed by atoms with Crippen molar-refractivity contribution in [1.82, 2.24) is 10.2 Å². The van der Waals surface area contributed by atoms with E-state index in [9.17, 15) is 0 Å². The number of furan rings is 1. The molecule has 0 bridgehead atoms. The Morgan fingerprint density at radius 1 is 1.44 bits per heavy atom. The van der Waals surface area contributed by atoms with Gasteiger partial charge in [-0.3, -0.25) is 4.90 Å². The molecule has 1 N–H and O–H groups in total. The monoisotopic (exact) mass is 250 g/mol. The number of nitrogens with zero attached hydrogens (tertiary/aromatic N) is 1. The molecule has 1 aromatic rings. The van der Waals surface area contributed by atoms with E-state index >= 15 is 0 Å². The molecule has 1 saturated heterocycles. The number of likely N-dealkylation sites (tertiary alicyclic amines) is 1. The van der Waals surface area contributed by atoms with Crippen LogP contribution in [0, 0.1) is 5.92 Å². The number of piperidine rings is 1. The SMILES string of the molecule is CC1CCC(C)N(C(C)CNCc2ccco2)C1. The minimum absolute atomic E-state index is 0.595. The van der Waals surface area contributed by atoms with Crippen LogP contribution in [0.5, 0.6) is 0 Å². The Hall–Kier alpha value is -0.800. The Morgan fingerprint density at radius 3 is 3.00 bits per heavy atom. The average molecular weight is 250 g/mol. The lowest BCUT2D eigenvalue weighted by molar-refractivity contribution is 0.0837. The van der Waals surface area contributed by atoms with Crippen molar-refractivity contribution in [3.8, 4) is 0 Å². The fraction of sp³-hybridized carbons (Fsp3) is 0.733. The molecule has 3 unspecified atom stereocenters. The van der Waals surface area contributed by atoms with Crippen molar-refractivity contribution in [3.05, 3.63) is 24.2 Å². The molecule has 1 fully saturated rings. The van der Waals surface area contributed by atoms with E-state index in [4.69, 9.17) is 4.42 Å². The smallest absolute Gasteiger partial charge is 0.117 e. The Morgan fingerprint density at radius 2 is 2.28 bits per heavy atom. The third-order valence-corrected chi connectivity index (χ3v) is 4.05. The van der Waals surface area contributed by atoms with Crippen molar-refractivity contribution in [2.75, 3.05) is 13.1 Å². The largest absolute Gasteiger partial charge is 0.468 e. The zero-order valence-corrected chi connectivity index (χ0v) is 11.9. The molecule has 2 rings (SSSR count). The lowest BCUT2D eigenvalue weighted by Gasteiger charge is -2.40. The molecule has 3 nitrogen and oxygen atoms in total. The summed E-state index contributed by atoms with van der Waals surface area (Å²) in [4.78, 5) is 2.64. The third kappa shape index (κ3) is 3.59. The van der Waals surface area contributed by atoms with Gasteiger partial charge in [0, 0.05) is 25.2 Å². The van der Waals surface area contributed by atoms with Crippen LogP contribution in [-0.4, -0.2) is 30.1 Å². The highest BCUT2D eigenvalue weighted by molar-refractivity contribution is 4.97. The summed E-state index contributed by atoms with van der Waals surface area (Å²) in [5.41, 5.74) is 0. The van der Waals surface area contributed by atoms with Crippen LogP contribution in [0.4, 0.5) is 0 Å². The lowest BCUT2D eigenvalue weighted by atomic mass is 9.93. The standard InChI is InChI=1S/C15H26N2O/c1-12-6-7-13(2)17(11-12)14(3)9-16-10-15-5-4-8-18-15/h4-5,8,12-14,16H,6-7,9-11H2,1-3H3. The van der Waals surface area contributed by atoms with Gasteiger partial charge in [-0.05, 0) is 44.7 Å². The van der Waals surface area contributed by atoms with E-state index in [1.807, 2.05) is 12.1 Å². The predicted octanol–water partition coefficient (Wildman–Crippen LogP) is 2.88. The highest BCUT2D eigenvalue weighted by Gasteiger charge is 2.26. The molecule has 0 aromatic carbocycles. The molecule has 3 atom stereocenters. The maximum atomic E-state index is 5.32. The molecule has 1 aliphatic heterocycles. The molecule has 0 aliphatic carbocycles. The van der Waals surface area contributed by atoms with E-state index in [1.54, 1.807) is 6.26 Å². The molecule has 1 aliphatic rings. The molecular formula is C15H26N2O. The van der Waals surface area contributed by atoms with Crippen molar-refractivity contribution in [2.24, 2.45) is 5.92 Å². The van der Waals surface area contributed by atoms with E-state index in [1.165, 1.54) is 19.4 Å². The summed E-state index contributed by atoms with van der Waals surface area (Å²) in [7, 11) is 0. The van der Waals surface area contributed by atoms with Gasteiger partial charge in [0.05, 0.1) is 12.8 Å². The van der Waals surface area contributed by atoms with E-state index in [0.29, 0.717) is 6.04 Å². The first-order valence-corrected chi connectivity index (χ1v) is 7.15. The molecule has 2 heterocycles. The molecule has 3 heteroatoms. The van der Waals surface area contributed by atoms with Crippen LogP contribution >= 0.6 is 0 Å². The molecule has 0 amide bonds. The van der Waals surface area contributed by atoms with E-state index in [-0.39, 0.29) is 0 Å². The summed E-state index contributed by atoms with van der Waals surface area (Å²) in [6.07, 6.45) is 4.45. The van der Waals surface area contributed by atoms with Crippen LogP contribution in [0.25, 0.3) is 0 Å². The van der Waals surface area contributed by atoms with Gasteiger partial charge in [-0.25, -0.2) is 0 Å². The first-order chi connectivity index (χ1) is 8.66. The summed E-state index contributed by atoms with van der Waals surface area (Å²) < 4.78 is 5.32. The second kappa shape index (κ2) is 6.39. The second-order valence-electron chi connectivity index (χ2n) is 5.79. The highest BCUT2D eigenvalue weighted by Crippen LogP contribution is 2.23. The van der Waals surface area contributed by atoms with Gasteiger partial charge < -0.3 is 9.73 Å². The molecule has 0 spiro atoms. The third-order valence-electron chi connectivity index (χ3n) is 4.05. The van der Waals surface area contributed by atoms with Gasteiger partial charge in [0.15, 0.2) is 0 Å². The Balaban J connectivity index is 1.74. The Labute approximate surface area is 111 Å². The van der Waals surface area contributed by atoms with Crippen molar-refractivity contribution >= 4 is 0 Å². The summed E-state index contributed by atoms with van der Waals surface area (Å²) in [5.74, 6) is 1.86. The number of rotatable bonds is 5. The Bertz CT molecular complexity index is 336. The average Bonchev–Trinajstić information content (AvgIpc) is 2.85. The van der Waals surface area contributed by atoms with E-state index in [0.717, 1.165) is 30.8 Å². The van der Waals surface area contributed by atoms with Crippen LogP contribution in [0.15, 0.2) is 22.8 Å². The molecule has 102 valence electrons. The van der Waals surface area contributed by atoms with Crippen LogP contribution in [0.2, 0.25) is 0 Å². The lowest BCUT2D eigenvalue weighted by Crippen LogP contribution is -2.49. The van der Waals surface area contributed by atoms with E-state index in [2.05, 4.69) is 31.0 Å². The summed E-state index contributed by atoms with van der Waals surface area (Å²) >= 11 is 0. The zero-order valence-electron chi connectivity index (χ0n) is 11.9. The molecular weight excluding hydrogens is 224 g/mol. The highest BCUT2D eigenvalue weighted by atomic mass is 16.3. The summed E-state index contributed by atoms with van der Waals surface area (Å²) in [5, 5.41) is 3.48. The van der Waals surface area contributed by atoms with Gasteiger partial charge in [0.2, 0.25) is 0 Å². The van der Waals surface area contributed by atoms with Gasteiger partial charge in [-0.15, -0.1) is 0 Å². The van der Waals surface area contributed by atoms with Crippen molar-refractivity contribution < 1.29 is 4.42 Å². The number of nitrogens with one attached hydrogen (secondary N) is 1. The van der Waals surface area contributed by atoms with Crippen molar-refractivity contribution in [2.45, 2.75) is 52.2 Å². The predicted molar refractivity (Wildman–Crippen MR) is 74.4 cm³/mol. The number of hydrogen-bond donors (Lipinski definition) is 1. The molecule has 18 heavy (non-hydrogen) atoms. The maximum absolute atomic E-state index is 5.32. The fourth-order valence-electron chi connectivity index (χ4n) is 2.87. The number of hydrogen-bond acceptors (Lipinski definition) is 3. The molecule has 0 radical (unpaired) electrons. The van der Waals surface area contributed by atoms with Crippen LogP contribution < -0.4 is 5.32 Å². The van der Waals surface area contributed by atoms with Crippen molar-refractivity contribution in [1.29, 1.82) is 0 Å². The van der Waals surface area contributed by atoms with Crippen molar-refractivity contribution in [3.63, 3.8) is 0 Å². The van der Waals surface area contributed by atoms with Gasteiger partial charge in [-0.2, -0.15) is 0 Å². The first kappa shape index (κ1) is 13.6. The topological polar surface area (TPSA) is 28.4 Å². The van der Waals surface area contributed by atoms with Gasteiger partial charge >= 0.3 is 0 Å². The molecule has 1 aromatic heterocycles. The van der Waals surface area contributed by atoms with Gasteiger partial charge in [0.1, 0.15) is 5.76 Å². The minimum Gasteiger partial charge on any atom is -0.468 e. The van der Waals surface area contributed by atoms with Crippen LogP contribution in [0.1, 0.15) is 39.4 Å². The Kier molecular flexibility index (Phi) is 4.84. The fourth-order valence-corrected chi connectivity index (χ4v) is 2.87. The zero-order chi connectivity index (χ0) is 13.0. The summed E-state index contributed by atoms with van der Waals surface area (Å²) in [6.45, 7) is 10.1. The van der Waals surface area contributed by atoms with E-state index < -0.39 is 0 Å². The normalized spacial score (nSPS) is 27.3. The second-order valence-corrected chi connectivity index (χ2v) is 5.79. The molecule has 0 saturated carbocycles. The van der Waals surface area contributed by atoms with Crippen LogP contribution in [0.3, 0.4) is 0 Å². The summed E-state index contributed by atoms with van der Waals surface area (Å²) in [6, 6.07) is 5.28. The quantitative estimate of drug-likeness (QED) is 0.871. The van der Waals surface area contributed by atoms with Crippen LogP contribution in [-0.2, 0) is 6.54 Å². The van der Waals surface area contributed by atoms with Gasteiger partial charge in [-0.1, -0.05) is 6.92 Å². The first-order valence-electron chi connectivity index (χ1n) is 7.15. The maximum Gasteiger partial charge on any atom is 0.117 e. The van der Waals surface area contributed by atoms with Gasteiger partial charge in [0.25, 0.3) is 0 Å². The minimum atomic E-state index is 0.595.